The van der Waals surface area contributed by atoms with Crippen LogP contribution in [0.15, 0.2) is 42.5 Å². The molecule has 0 radical (unpaired) electrons. The van der Waals surface area contributed by atoms with Crippen LogP contribution in [-0.2, 0) is 0 Å². The van der Waals surface area contributed by atoms with Crippen LogP contribution in [0.3, 0.4) is 0 Å². The van der Waals surface area contributed by atoms with Crippen molar-refractivity contribution in [2.24, 2.45) is 0 Å². The van der Waals surface area contributed by atoms with Crippen molar-refractivity contribution in [2.45, 2.75) is 6.92 Å². The first-order valence-corrected chi connectivity index (χ1v) is 6.26. The number of amides is 2. The van der Waals surface area contributed by atoms with Gasteiger partial charge in [0.1, 0.15) is 5.75 Å². The number of anilines is 1. The highest BCUT2D eigenvalue weighted by Gasteiger charge is 2.37. The zero-order valence-electron chi connectivity index (χ0n) is 11.2. The van der Waals surface area contributed by atoms with E-state index in [0.717, 1.165) is 5.56 Å². The number of carbonyl (C=O) groups excluding carboxylic acids is 2. The summed E-state index contributed by atoms with van der Waals surface area (Å²) in [7, 11) is 1.52. The van der Waals surface area contributed by atoms with Gasteiger partial charge in [-0.15, -0.1) is 0 Å². The highest BCUT2D eigenvalue weighted by molar-refractivity contribution is 6.34. The largest absolute Gasteiger partial charge is 0.495 e. The van der Waals surface area contributed by atoms with Crippen molar-refractivity contribution in [3.05, 3.63) is 59.2 Å². The molecule has 20 heavy (non-hydrogen) atoms. The van der Waals surface area contributed by atoms with E-state index in [4.69, 9.17) is 4.74 Å². The fourth-order valence-electron chi connectivity index (χ4n) is 2.38. The lowest BCUT2D eigenvalue weighted by Gasteiger charge is -2.17. The van der Waals surface area contributed by atoms with Gasteiger partial charge in [-0.05, 0) is 36.8 Å². The molecule has 2 aromatic rings. The van der Waals surface area contributed by atoms with Crippen molar-refractivity contribution >= 4 is 17.5 Å². The number of rotatable bonds is 2. The van der Waals surface area contributed by atoms with Gasteiger partial charge in [0.25, 0.3) is 11.8 Å². The number of hydrogen-bond acceptors (Lipinski definition) is 3. The molecule has 2 aromatic carbocycles. The molecule has 0 fully saturated rings. The summed E-state index contributed by atoms with van der Waals surface area (Å²) in [6.07, 6.45) is 0. The zero-order chi connectivity index (χ0) is 14.3. The quantitative estimate of drug-likeness (QED) is 0.786. The van der Waals surface area contributed by atoms with Crippen LogP contribution in [0.5, 0.6) is 5.75 Å². The van der Waals surface area contributed by atoms with E-state index in [1.54, 1.807) is 36.4 Å². The summed E-state index contributed by atoms with van der Waals surface area (Å²) < 4.78 is 5.29. The van der Waals surface area contributed by atoms with Gasteiger partial charge in [0.05, 0.1) is 23.9 Å². The number of hydrogen-bond donors (Lipinski definition) is 0. The summed E-state index contributed by atoms with van der Waals surface area (Å²) >= 11 is 0. The minimum atomic E-state index is -0.312. The van der Waals surface area contributed by atoms with Crippen LogP contribution in [0.2, 0.25) is 0 Å². The number of methoxy groups -OCH3 is 1. The predicted octanol–water partition coefficient (Wildman–Crippen LogP) is 2.80. The van der Waals surface area contributed by atoms with E-state index in [9.17, 15) is 9.59 Å². The molecule has 4 nitrogen and oxygen atoms in total. The lowest BCUT2D eigenvalue weighted by Crippen LogP contribution is -2.29. The number of nitrogens with zero attached hydrogens (tertiary/aromatic N) is 1. The Morgan fingerprint density at radius 2 is 1.55 bits per heavy atom. The lowest BCUT2D eigenvalue weighted by molar-refractivity contribution is 0.0925. The molecule has 2 amide bonds. The molecule has 0 unspecified atom stereocenters. The standard InChI is InChI=1S/C16H13NO3/c1-10-7-8-13(14(9-10)20-2)17-15(18)11-5-3-4-6-12(11)16(17)19/h3-9H,1-2H3. The molecule has 1 aliphatic heterocycles. The molecular formula is C16H13NO3. The molecule has 100 valence electrons. The van der Waals surface area contributed by atoms with Crippen LogP contribution in [0.25, 0.3) is 0 Å². The Balaban J connectivity index is 2.14. The fourth-order valence-corrected chi connectivity index (χ4v) is 2.38. The van der Waals surface area contributed by atoms with Crippen LogP contribution in [0, 0.1) is 6.92 Å². The van der Waals surface area contributed by atoms with Gasteiger partial charge in [-0.1, -0.05) is 18.2 Å². The summed E-state index contributed by atoms with van der Waals surface area (Å²) in [5.74, 6) is -0.111. The summed E-state index contributed by atoms with van der Waals surface area (Å²) in [5, 5.41) is 0. The van der Waals surface area contributed by atoms with Crippen molar-refractivity contribution in [1.82, 2.24) is 0 Å². The van der Waals surface area contributed by atoms with Crippen molar-refractivity contribution < 1.29 is 14.3 Å². The smallest absolute Gasteiger partial charge is 0.266 e. The minimum absolute atomic E-state index is 0.312. The predicted molar refractivity (Wildman–Crippen MR) is 75.3 cm³/mol. The van der Waals surface area contributed by atoms with Crippen LogP contribution in [0.1, 0.15) is 26.3 Å². The van der Waals surface area contributed by atoms with Crippen molar-refractivity contribution in [3.63, 3.8) is 0 Å². The van der Waals surface area contributed by atoms with E-state index >= 15 is 0 Å². The number of imide groups is 1. The third kappa shape index (κ3) is 1.69. The van der Waals surface area contributed by atoms with Crippen LogP contribution < -0.4 is 9.64 Å². The molecule has 3 rings (SSSR count). The van der Waals surface area contributed by atoms with Gasteiger partial charge < -0.3 is 4.74 Å². The highest BCUT2D eigenvalue weighted by Crippen LogP contribution is 2.35. The van der Waals surface area contributed by atoms with Crippen molar-refractivity contribution in [1.29, 1.82) is 0 Å². The van der Waals surface area contributed by atoms with Gasteiger partial charge in [-0.25, -0.2) is 4.90 Å². The molecule has 0 aromatic heterocycles. The van der Waals surface area contributed by atoms with Crippen molar-refractivity contribution in [2.75, 3.05) is 12.0 Å². The second-order valence-corrected chi connectivity index (χ2v) is 4.67. The van der Waals surface area contributed by atoms with E-state index < -0.39 is 0 Å². The maximum atomic E-state index is 12.4. The molecular weight excluding hydrogens is 254 g/mol. The average Bonchev–Trinajstić information content (AvgIpc) is 2.72. The van der Waals surface area contributed by atoms with Gasteiger partial charge >= 0.3 is 0 Å². The Morgan fingerprint density at radius 1 is 0.950 bits per heavy atom. The van der Waals surface area contributed by atoms with E-state index in [1.807, 2.05) is 13.0 Å². The first-order valence-electron chi connectivity index (χ1n) is 6.26. The maximum absolute atomic E-state index is 12.4. The molecule has 0 spiro atoms. The Hall–Kier alpha value is -2.62. The molecule has 0 bridgehead atoms. The maximum Gasteiger partial charge on any atom is 0.266 e. The van der Waals surface area contributed by atoms with Gasteiger partial charge in [-0.2, -0.15) is 0 Å². The molecule has 1 heterocycles. The fraction of sp³-hybridized carbons (Fsp3) is 0.125. The normalized spacial score (nSPS) is 13.6. The highest BCUT2D eigenvalue weighted by atomic mass is 16.5. The summed E-state index contributed by atoms with van der Waals surface area (Å²) in [4.78, 5) is 26.0. The third-order valence-corrected chi connectivity index (χ3v) is 3.37. The summed E-state index contributed by atoms with van der Waals surface area (Å²) in [5.41, 5.74) is 2.34. The molecule has 0 N–H and O–H groups in total. The molecule has 0 saturated heterocycles. The molecule has 0 saturated carbocycles. The molecule has 4 heteroatoms. The number of carbonyl (C=O) groups is 2. The van der Waals surface area contributed by atoms with Gasteiger partial charge in [-0.3, -0.25) is 9.59 Å². The minimum Gasteiger partial charge on any atom is -0.495 e. The van der Waals surface area contributed by atoms with Gasteiger partial charge in [0.2, 0.25) is 0 Å². The lowest BCUT2D eigenvalue weighted by atomic mass is 10.1. The van der Waals surface area contributed by atoms with E-state index in [2.05, 4.69) is 0 Å². The van der Waals surface area contributed by atoms with E-state index in [0.29, 0.717) is 22.6 Å². The molecule has 0 aliphatic carbocycles. The number of aryl methyl sites for hydroxylation is 1. The Morgan fingerprint density at radius 3 is 2.10 bits per heavy atom. The first kappa shape index (κ1) is 12.4. The van der Waals surface area contributed by atoms with E-state index in [-0.39, 0.29) is 11.8 Å². The third-order valence-electron chi connectivity index (χ3n) is 3.37. The summed E-state index contributed by atoms with van der Waals surface area (Å²) in [6.45, 7) is 1.93. The van der Waals surface area contributed by atoms with E-state index in [1.165, 1.54) is 12.0 Å². The number of fused-ring (bicyclic) bond motifs is 1. The number of benzene rings is 2. The van der Waals surface area contributed by atoms with Crippen molar-refractivity contribution in [3.8, 4) is 5.75 Å². The zero-order valence-corrected chi connectivity index (χ0v) is 11.2. The van der Waals surface area contributed by atoms with Crippen LogP contribution >= 0.6 is 0 Å². The second kappa shape index (κ2) is 4.49. The Labute approximate surface area is 116 Å². The van der Waals surface area contributed by atoms with Crippen LogP contribution in [-0.4, -0.2) is 18.9 Å². The number of ether oxygens (including phenoxy) is 1. The first-order chi connectivity index (χ1) is 9.63. The topological polar surface area (TPSA) is 46.6 Å². The Kier molecular flexibility index (Phi) is 2.79. The monoisotopic (exact) mass is 267 g/mol. The summed E-state index contributed by atoms with van der Waals surface area (Å²) in [6, 6.07) is 12.2. The van der Waals surface area contributed by atoms with Gasteiger partial charge in [0.15, 0.2) is 0 Å². The average molecular weight is 267 g/mol. The molecule has 1 aliphatic rings. The van der Waals surface area contributed by atoms with Gasteiger partial charge in [0, 0.05) is 0 Å². The Bertz CT molecular complexity index is 686. The van der Waals surface area contributed by atoms with Crippen LogP contribution in [0.4, 0.5) is 5.69 Å². The second-order valence-electron chi connectivity index (χ2n) is 4.67. The molecule has 0 atom stereocenters. The SMILES string of the molecule is COc1cc(C)ccc1N1C(=O)c2ccccc2C1=O.